The highest BCUT2D eigenvalue weighted by Crippen LogP contribution is 2.25. The van der Waals surface area contributed by atoms with E-state index in [-0.39, 0.29) is 24.0 Å². The van der Waals surface area contributed by atoms with Crippen LogP contribution in [0.4, 0.5) is 0 Å². The van der Waals surface area contributed by atoms with Crippen molar-refractivity contribution < 1.29 is 4.74 Å². The predicted molar refractivity (Wildman–Crippen MR) is 112 cm³/mol. The molecule has 1 fully saturated rings. The Kier molecular flexibility index (Phi) is 9.43. The first-order valence-corrected chi connectivity index (χ1v) is 8.50. The third-order valence-corrected chi connectivity index (χ3v) is 4.27. The molecule has 0 bridgehead atoms. The minimum Gasteiger partial charge on any atom is -0.496 e. The Morgan fingerprint density at radius 1 is 1.33 bits per heavy atom. The van der Waals surface area contributed by atoms with Crippen molar-refractivity contribution in [3.05, 3.63) is 29.3 Å². The molecule has 1 saturated carbocycles. The van der Waals surface area contributed by atoms with Crippen molar-refractivity contribution in [3.63, 3.8) is 0 Å². The summed E-state index contributed by atoms with van der Waals surface area (Å²) < 4.78 is 5.45. The number of guanidine groups is 1. The van der Waals surface area contributed by atoms with Gasteiger partial charge < -0.3 is 15.4 Å². The average molecular weight is 446 g/mol. The number of nitrogens with one attached hydrogen (secondary N) is 2. The second kappa shape index (κ2) is 10.8. The Morgan fingerprint density at radius 3 is 2.67 bits per heavy atom. The summed E-state index contributed by atoms with van der Waals surface area (Å²) in [6.45, 7) is 8.10. The fourth-order valence-electron chi connectivity index (χ4n) is 2.75. The van der Waals surface area contributed by atoms with Gasteiger partial charge >= 0.3 is 0 Å². The molecule has 24 heavy (non-hydrogen) atoms. The van der Waals surface area contributed by atoms with Crippen molar-refractivity contribution in [1.29, 1.82) is 0 Å². The third-order valence-electron chi connectivity index (χ3n) is 4.27. The van der Waals surface area contributed by atoms with E-state index in [2.05, 4.69) is 52.6 Å². The Morgan fingerprint density at radius 2 is 2.08 bits per heavy atom. The second-order valence-electron chi connectivity index (χ2n) is 6.03. The minimum absolute atomic E-state index is 0. The van der Waals surface area contributed by atoms with E-state index in [1.165, 1.54) is 18.4 Å². The van der Waals surface area contributed by atoms with Crippen LogP contribution in [-0.4, -0.2) is 50.7 Å². The van der Waals surface area contributed by atoms with E-state index in [1.54, 1.807) is 14.2 Å². The number of benzene rings is 1. The van der Waals surface area contributed by atoms with Crippen LogP contribution < -0.4 is 15.4 Å². The highest BCUT2D eigenvalue weighted by atomic mass is 127. The Balaban J connectivity index is 0.00000288. The Bertz CT molecular complexity index is 532. The topological polar surface area (TPSA) is 48.9 Å². The van der Waals surface area contributed by atoms with Crippen LogP contribution in [0.2, 0.25) is 0 Å². The minimum atomic E-state index is 0. The molecule has 136 valence electrons. The zero-order valence-electron chi connectivity index (χ0n) is 15.3. The molecule has 0 aliphatic heterocycles. The van der Waals surface area contributed by atoms with Crippen LogP contribution in [0.3, 0.4) is 0 Å². The van der Waals surface area contributed by atoms with Crippen LogP contribution in [0.25, 0.3) is 0 Å². The second-order valence-corrected chi connectivity index (χ2v) is 6.03. The predicted octanol–water partition coefficient (Wildman–Crippen LogP) is 2.77. The average Bonchev–Trinajstić information content (AvgIpc) is 3.40. The number of rotatable bonds is 8. The van der Waals surface area contributed by atoms with Crippen LogP contribution in [0.5, 0.6) is 5.75 Å². The van der Waals surface area contributed by atoms with E-state index in [0.29, 0.717) is 6.54 Å². The highest BCUT2D eigenvalue weighted by Gasteiger charge is 2.27. The fourth-order valence-corrected chi connectivity index (χ4v) is 2.75. The number of ether oxygens (including phenoxy) is 1. The van der Waals surface area contributed by atoms with Gasteiger partial charge in [0.25, 0.3) is 0 Å². The van der Waals surface area contributed by atoms with E-state index in [1.807, 2.05) is 0 Å². The number of likely N-dealkylation sites (N-methyl/N-ethyl adjacent to an activating group) is 1. The van der Waals surface area contributed by atoms with Gasteiger partial charge in [0, 0.05) is 38.3 Å². The molecule has 6 heteroatoms. The summed E-state index contributed by atoms with van der Waals surface area (Å²) in [7, 11) is 3.52. The first kappa shape index (κ1) is 21.0. The zero-order chi connectivity index (χ0) is 16.7. The largest absolute Gasteiger partial charge is 0.496 e. The summed E-state index contributed by atoms with van der Waals surface area (Å²) in [5.74, 6) is 1.75. The lowest BCUT2D eigenvalue weighted by Crippen LogP contribution is -2.41. The SMILES string of the molecule is CCN(CCNC(=NC)NCc1ccc(C)cc1OC)C1CC1.I. The molecule has 0 amide bonds. The molecule has 0 saturated heterocycles. The van der Waals surface area contributed by atoms with Crippen LogP contribution in [0, 0.1) is 6.92 Å². The van der Waals surface area contributed by atoms with E-state index < -0.39 is 0 Å². The highest BCUT2D eigenvalue weighted by molar-refractivity contribution is 14.0. The van der Waals surface area contributed by atoms with Crippen LogP contribution >= 0.6 is 24.0 Å². The zero-order valence-corrected chi connectivity index (χ0v) is 17.6. The molecule has 0 unspecified atom stereocenters. The first-order chi connectivity index (χ1) is 11.2. The van der Waals surface area contributed by atoms with Gasteiger partial charge in [-0.2, -0.15) is 0 Å². The van der Waals surface area contributed by atoms with Gasteiger partial charge in [0.2, 0.25) is 0 Å². The summed E-state index contributed by atoms with van der Waals surface area (Å²) in [6.07, 6.45) is 2.71. The molecule has 1 aromatic rings. The fraction of sp³-hybridized carbons (Fsp3) is 0.611. The number of aliphatic imine (C=N–C) groups is 1. The third kappa shape index (κ3) is 6.47. The van der Waals surface area contributed by atoms with Gasteiger partial charge in [-0.05, 0) is 37.9 Å². The standard InChI is InChI=1S/C18H30N4O.HI/c1-5-22(16-8-9-16)11-10-20-18(19-3)21-13-15-7-6-14(2)12-17(15)23-4;/h6-7,12,16H,5,8-11,13H2,1-4H3,(H2,19,20,21);1H. The van der Waals surface area contributed by atoms with Crippen molar-refractivity contribution in [2.45, 2.75) is 39.3 Å². The summed E-state index contributed by atoms with van der Waals surface area (Å²) in [4.78, 5) is 6.83. The molecule has 0 atom stereocenters. The normalized spacial score (nSPS) is 14.3. The molecular weight excluding hydrogens is 415 g/mol. The van der Waals surface area contributed by atoms with Crippen LogP contribution in [-0.2, 0) is 6.54 Å². The van der Waals surface area contributed by atoms with Crippen molar-refractivity contribution in [2.75, 3.05) is 33.8 Å². The maximum atomic E-state index is 5.45. The number of methoxy groups -OCH3 is 1. The summed E-state index contributed by atoms with van der Waals surface area (Å²) in [5.41, 5.74) is 2.34. The van der Waals surface area contributed by atoms with Gasteiger partial charge in [-0.3, -0.25) is 9.89 Å². The van der Waals surface area contributed by atoms with Gasteiger partial charge in [0.1, 0.15) is 5.75 Å². The summed E-state index contributed by atoms with van der Waals surface area (Å²) in [6, 6.07) is 7.07. The van der Waals surface area contributed by atoms with Gasteiger partial charge in [-0.15, -0.1) is 24.0 Å². The van der Waals surface area contributed by atoms with E-state index in [4.69, 9.17) is 4.74 Å². The Labute approximate surface area is 163 Å². The van der Waals surface area contributed by atoms with Gasteiger partial charge in [-0.1, -0.05) is 19.1 Å². The molecule has 5 nitrogen and oxygen atoms in total. The van der Waals surface area contributed by atoms with Crippen molar-refractivity contribution in [2.24, 2.45) is 4.99 Å². The molecule has 1 aliphatic rings. The maximum Gasteiger partial charge on any atom is 0.191 e. The lowest BCUT2D eigenvalue weighted by atomic mass is 10.1. The summed E-state index contributed by atoms with van der Waals surface area (Å²) >= 11 is 0. The lowest BCUT2D eigenvalue weighted by Gasteiger charge is -2.21. The maximum absolute atomic E-state index is 5.45. The molecule has 0 heterocycles. The van der Waals surface area contributed by atoms with Gasteiger partial charge in [0.05, 0.1) is 7.11 Å². The monoisotopic (exact) mass is 446 g/mol. The number of hydrogen-bond donors (Lipinski definition) is 2. The lowest BCUT2D eigenvalue weighted by molar-refractivity contribution is 0.282. The molecule has 1 aromatic carbocycles. The number of nitrogens with zero attached hydrogens (tertiary/aromatic N) is 2. The molecule has 0 aromatic heterocycles. The van der Waals surface area contributed by atoms with Crippen LogP contribution in [0.1, 0.15) is 30.9 Å². The van der Waals surface area contributed by atoms with Gasteiger partial charge in [0.15, 0.2) is 5.96 Å². The molecule has 2 rings (SSSR count). The molecular formula is C18H31IN4O. The van der Waals surface area contributed by atoms with E-state index in [9.17, 15) is 0 Å². The molecule has 0 radical (unpaired) electrons. The van der Waals surface area contributed by atoms with Crippen molar-refractivity contribution in [3.8, 4) is 5.75 Å². The van der Waals surface area contributed by atoms with Gasteiger partial charge in [-0.25, -0.2) is 0 Å². The smallest absolute Gasteiger partial charge is 0.191 e. The molecule has 0 spiro atoms. The van der Waals surface area contributed by atoms with E-state index in [0.717, 1.165) is 42.9 Å². The first-order valence-electron chi connectivity index (χ1n) is 8.50. The van der Waals surface area contributed by atoms with Crippen molar-refractivity contribution >= 4 is 29.9 Å². The molecule has 1 aliphatic carbocycles. The Hall–Kier alpha value is -1.02. The number of hydrogen-bond acceptors (Lipinski definition) is 3. The van der Waals surface area contributed by atoms with Crippen molar-refractivity contribution in [1.82, 2.24) is 15.5 Å². The van der Waals surface area contributed by atoms with Crippen LogP contribution in [0.15, 0.2) is 23.2 Å². The number of aryl methyl sites for hydroxylation is 1. The molecule has 2 N–H and O–H groups in total. The summed E-state index contributed by atoms with van der Waals surface area (Å²) in [5, 5.41) is 6.75. The number of halogens is 1. The van der Waals surface area contributed by atoms with E-state index >= 15 is 0 Å². The quantitative estimate of drug-likeness (QED) is 0.367.